The van der Waals surface area contributed by atoms with E-state index in [-0.39, 0.29) is 18.0 Å². The molecule has 30 heavy (non-hydrogen) atoms. The molecular formula is C26H33F2NO. The number of amides is 1. The summed E-state index contributed by atoms with van der Waals surface area (Å²) in [5.74, 6) is -1.91. The molecular weight excluding hydrogens is 380 g/mol. The lowest BCUT2D eigenvalue weighted by molar-refractivity contribution is -0.116. The van der Waals surface area contributed by atoms with Gasteiger partial charge in [0, 0.05) is 6.42 Å². The van der Waals surface area contributed by atoms with Crippen LogP contribution in [0, 0.1) is 11.6 Å². The van der Waals surface area contributed by atoms with E-state index in [0.717, 1.165) is 50.7 Å². The standard InChI is InChI=1S/C26H33F2NO/c1-2-3-4-5-6-7-8-9-10-11-12-13-14-15-16-17-18-22-25(30)29-26-23(27)20-19-21-24(26)28/h3-4,6-7,9-10,12-13,15-16,19-21H,2,5,8,11,14,17-18,22H2,1H3,(H,29,30)/b4-3+,7-6+,10-9+,13-12+,16-15+. The van der Waals surface area contributed by atoms with Gasteiger partial charge in [0.2, 0.25) is 5.91 Å². The van der Waals surface area contributed by atoms with E-state index in [0.29, 0.717) is 6.42 Å². The number of unbranched alkanes of at least 4 members (excludes halogenated alkanes) is 1. The van der Waals surface area contributed by atoms with Gasteiger partial charge in [0.05, 0.1) is 0 Å². The molecule has 4 heteroatoms. The Balaban J connectivity index is 2.06. The maximum Gasteiger partial charge on any atom is 0.224 e. The highest BCUT2D eigenvalue weighted by atomic mass is 19.1. The van der Waals surface area contributed by atoms with Crippen LogP contribution in [0.25, 0.3) is 0 Å². The number of hydrogen-bond donors (Lipinski definition) is 1. The van der Waals surface area contributed by atoms with Crippen molar-refractivity contribution in [1.29, 1.82) is 0 Å². The fourth-order valence-corrected chi connectivity index (χ4v) is 2.57. The molecule has 0 aliphatic heterocycles. The molecule has 0 saturated heterocycles. The van der Waals surface area contributed by atoms with Crippen molar-refractivity contribution in [2.45, 2.75) is 58.3 Å². The molecule has 0 heterocycles. The Hall–Kier alpha value is -2.75. The molecule has 1 N–H and O–H groups in total. The fraction of sp³-hybridized carbons (Fsp3) is 0.346. The first kappa shape index (κ1) is 25.3. The van der Waals surface area contributed by atoms with Gasteiger partial charge in [0.1, 0.15) is 17.3 Å². The van der Waals surface area contributed by atoms with Crippen LogP contribution >= 0.6 is 0 Å². The summed E-state index contributed by atoms with van der Waals surface area (Å²) in [5.41, 5.74) is -0.377. The number of allylic oxidation sites excluding steroid dienone is 10. The number of carbonyl (C=O) groups excluding carboxylic acids is 1. The van der Waals surface area contributed by atoms with E-state index >= 15 is 0 Å². The first-order valence-corrected chi connectivity index (χ1v) is 10.6. The second-order valence-corrected chi connectivity index (χ2v) is 6.75. The average Bonchev–Trinajstić information content (AvgIpc) is 2.73. The summed E-state index contributed by atoms with van der Waals surface area (Å²) in [6, 6.07) is 3.51. The first-order valence-electron chi connectivity index (χ1n) is 10.6. The Bertz CT molecular complexity index is 740. The highest BCUT2D eigenvalue weighted by molar-refractivity contribution is 5.90. The van der Waals surface area contributed by atoms with Crippen molar-refractivity contribution in [3.05, 3.63) is 90.6 Å². The molecule has 0 bridgehead atoms. The van der Waals surface area contributed by atoms with Gasteiger partial charge in [-0.05, 0) is 57.1 Å². The van der Waals surface area contributed by atoms with Gasteiger partial charge in [-0.3, -0.25) is 4.79 Å². The molecule has 0 saturated carbocycles. The molecule has 0 aliphatic rings. The Morgan fingerprint density at radius 1 is 0.800 bits per heavy atom. The van der Waals surface area contributed by atoms with E-state index in [9.17, 15) is 13.6 Å². The molecule has 0 radical (unpaired) electrons. The quantitative estimate of drug-likeness (QED) is 0.244. The summed E-state index contributed by atoms with van der Waals surface area (Å²) >= 11 is 0. The van der Waals surface area contributed by atoms with Crippen molar-refractivity contribution in [1.82, 2.24) is 0 Å². The molecule has 1 aromatic rings. The smallest absolute Gasteiger partial charge is 0.224 e. The molecule has 1 aromatic carbocycles. The highest BCUT2D eigenvalue weighted by Crippen LogP contribution is 2.18. The monoisotopic (exact) mass is 413 g/mol. The van der Waals surface area contributed by atoms with Crippen molar-refractivity contribution < 1.29 is 13.6 Å². The van der Waals surface area contributed by atoms with Crippen LogP contribution in [0.15, 0.2) is 79.0 Å². The van der Waals surface area contributed by atoms with E-state index in [1.807, 2.05) is 6.08 Å². The zero-order chi connectivity index (χ0) is 21.9. The number of halogens is 2. The maximum atomic E-state index is 13.5. The minimum atomic E-state index is -0.763. The van der Waals surface area contributed by atoms with Crippen molar-refractivity contribution in [2.75, 3.05) is 5.32 Å². The largest absolute Gasteiger partial charge is 0.321 e. The lowest BCUT2D eigenvalue weighted by Gasteiger charge is -2.06. The summed E-state index contributed by atoms with van der Waals surface area (Å²) in [7, 11) is 0. The topological polar surface area (TPSA) is 29.1 Å². The molecule has 0 aromatic heterocycles. The van der Waals surface area contributed by atoms with Crippen LogP contribution in [0.1, 0.15) is 58.3 Å². The number of anilines is 1. The SMILES string of the molecule is CC/C=C/C/C=C/C/C=C/C/C=C/C/C=C/CCCC(=O)Nc1c(F)cccc1F. The van der Waals surface area contributed by atoms with Crippen molar-refractivity contribution in [2.24, 2.45) is 0 Å². The predicted octanol–water partition coefficient (Wildman–Crippen LogP) is 7.83. The van der Waals surface area contributed by atoms with Gasteiger partial charge in [-0.15, -0.1) is 0 Å². The van der Waals surface area contributed by atoms with Gasteiger partial charge in [-0.25, -0.2) is 8.78 Å². The molecule has 0 atom stereocenters. The summed E-state index contributed by atoms with van der Waals surface area (Å²) < 4.78 is 26.9. The van der Waals surface area contributed by atoms with E-state index in [1.165, 1.54) is 6.07 Å². The number of nitrogens with one attached hydrogen (secondary N) is 1. The number of para-hydroxylation sites is 1. The number of hydrogen-bond acceptors (Lipinski definition) is 1. The third-order valence-electron chi connectivity index (χ3n) is 4.16. The Labute approximate surface area is 179 Å². The molecule has 162 valence electrons. The Morgan fingerprint density at radius 3 is 1.77 bits per heavy atom. The van der Waals surface area contributed by atoms with Crippen LogP contribution < -0.4 is 5.32 Å². The molecule has 0 unspecified atom stereocenters. The van der Waals surface area contributed by atoms with Crippen molar-refractivity contribution in [3.63, 3.8) is 0 Å². The van der Waals surface area contributed by atoms with E-state index in [2.05, 4.69) is 66.9 Å². The Morgan fingerprint density at radius 2 is 1.27 bits per heavy atom. The van der Waals surface area contributed by atoms with Crippen LogP contribution in [0.4, 0.5) is 14.5 Å². The molecule has 1 rings (SSSR count). The van der Waals surface area contributed by atoms with E-state index in [1.54, 1.807) is 0 Å². The molecule has 0 fully saturated rings. The second kappa shape index (κ2) is 17.1. The summed E-state index contributed by atoms with van der Waals surface area (Å²) in [5, 5.41) is 2.30. The van der Waals surface area contributed by atoms with Crippen molar-refractivity contribution >= 4 is 11.6 Å². The average molecular weight is 414 g/mol. The van der Waals surface area contributed by atoms with Gasteiger partial charge in [0.15, 0.2) is 0 Å². The number of rotatable bonds is 14. The minimum absolute atomic E-state index is 0.224. The maximum absolute atomic E-state index is 13.5. The van der Waals surface area contributed by atoms with Gasteiger partial charge < -0.3 is 5.32 Å². The number of carbonyl (C=O) groups is 1. The summed E-state index contributed by atoms with van der Waals surface area (Å²) in [6.45, 7) is 2.13. The van der Waals surface area contributed by atoms with Gasteiger partial charge >= 0.3 is 0 Å². The first-order chi connectivity index (χ1) is 14.6. The zero-order valence-corrected chi connectivity index (χ0v) is 17.8. The van der Waals surface area contributed by atoms with Gasteiger partial charge in [-0.1, -0.05) is 73.8 Å². The summed E-state index contributed by atoms with van der Waals surface area (Å²) in [6.07, 6.45) is 27.8. The van der Waals surface area contributed by atoms with Crippen LogP contribution in [0.5, 0.6) is 0 Å². The van der Waals surface area contributed by atoms with Crippen LogP contribution in [0.3, 0.4) is 0 Å². The summed E-state index contributed by atoms with van der Waals surface area (Å²) in [4.78, 5) is 11.8. The van der Waals surface area contributed by atoms with E-state index in [4.69, 9.17) is 0 Å². The zero-order valence-electron chi connectivity index (χ0n) is 17.8. The predicted molar refractivity (Wildman–Crippen MR) is 123 cm³/mol. The van der Waals surface area contributed by atoms with E-state index < -0.39 is 11.6 Å². The minimum Gasteiger partial charge on any atom is -0.321 e. The van der Waals surface area contributed by atoms with Gasteiger partial charge in [-0.2, -0.15) is 0 Å². The number of benzene rings is 1. The third-order valence-corrected chi connectivity index (χ3v) is 4.16. The lowest BCUT2D eigenvalue weighted by Crippen LogP contribution is -2.13. The second-order valence-electron chi connectivity index (χ2n) is 6.75. The Kier molecular flexibility index (Phi) is 14.4. The molecule has 2 nitrogen and oxygen atoms in total. The van der Waals surface area contributed by atoms with Crippen LogP contribution in [-0.4, -0.2) is 5.91 Å². The van der Waals surface area contributed by atoms with Crippen LogP contribution in [0.2, 0.25) is 0 Å². The third kappa shape index (κ3) is 12.7. The molecule has 0 aliphatic carbocycles. The van der Waals surface area contributed by atoms with Crippen LogP contribution in [-0.2, 0) is 4.79 Å². The molecule has 0 spiro atoms. The van der Waals surface area contributed by atoms with Crippen molar-refractivity contribution in [3.8, 4) is 0 Å². The van der Waals surface area contributed by atoms with Gasteiger partial charge in [0.25, 0.3) is 0 Å². The molecule has 1 amide bonds. The highest BCUT2D eigenvalue weighted by Gasteiger charge is 2.11. The lowest BCUT2D eigenvalue weighted by atomic mass is 10.2. The normalized spacial score (nSPS) is 12.4. The fourth-order valence-electron chi connectivity index (χ4n) is 2.57.